The number of benzene rings is 1. The molecule has 0 saturated heterocycles. The quantitative estimate of drug-likeness (QED) is 0.672. The van der Waals surface area contributed by atoms with E-state index in [1.54, 1.807) is 11.3 Å². The predicted molar refractivity (Wildman–Crippen MR) is 106 cm³/mol. The zero-order chi connectivity index (χ0) is 19.0. The van der Waals surface area contributed by atoms with Crippen LogP contribution >= 0.6 is 11.3 Å². The van der Waals surface area contributed by atoms with Gasteiger partial charge in [0.15, 0.2) is 0 Å². The molecular weight excluding hydrogens is 346 g/mol. The summed E-state index contributed by atoms with van der Waals surface area (Å²) in [4.78, 5) is 16.4. The van der Waals surface area contributed by atoms with Crippen LogP contribution in [-0.2, 0) is 16.7 Å². The molecule has 2 rings (SSSR count). The lowest BCUT2D eigenvalue weighted by Crippen LogP contribution is -2.36. The molecule has 6 heteroatoms. The number of hydrogen-bond acceptors (Lipinski definition) is 4. The third kappa shape index (κ3) is 6.77. The van der Waals surface area contributed by atoms with Crippen molar-refractivity contribution in [3.05, 3.63) is 52.0 Å². The molecule has 2 amide bonds. The van der Waals surface area contributed by atoms with Gasteiger partial charge >= 0.3 is 6.03 Å². The van der Waals surface area contributed by atoms with Gasteiger partial charge in [-0.3, -0.25) is 0 Å². The molecule has 0 bridgehead atoms. The van der Waals surface area contributed by atoms with E-state index in [4.69, 9.17) is 4.74 Å². The lowest BCUT2D eigenvalue weighted by molar-refractivity contribution is 0.0644. The molecule has 0 fully saturated rings. The number of hydrogen-bond donors (Lipinski definition) is 2. The summed E-state index contributed by atoms with van der Waals surface area (Å²) >= 11 is 1.63. The number of aromatic nitrogens is 1. The van der Waals surface area contributed by atoms with Gasteiger partial charge in [0, 0.05) is 23.9 Å². The SMILES string of the molecule is CC(OCCCNC(=O)NCc1csc(C(C)(C)C)n1)c1ccccc1. The summed E-state index contributed by atoms with van der Waals surface area (Å²) in [6.07, 6.45) is 0.835. The standard InChI is InChI=1S/C20H29N3O2S/c1-15(16-9-6-5-7-10-16)25-12-8-11-21-19(24)22-13-17-14-26-18(23-17)20(2,3)4/h5-7,9-10,14-15H,8,11-13H2,1-4H3,(H2,21,22,24). The van der Waals surface area contributed by atoms with E-state index in [-0.39, 0.29) is 17.6 Å². The van der Waals surface area contributed by atoms with E-state index in [1.807, 2.05) is 30.5 Å². The highest BCUT2D eigenvalue weighted by Crippen LogP contribution is 2.25. The molecule has 0 aliphatic carbocycles. The number of thiazole rings is 1. The third-order valence-electron chi connectivity index (χ3n) is 3.87. The number of nitrogens with one attached hydrogen (secondary N) is 2. The summed E-state index contributed by atoms with van der Waals surface area (Å²) < 4.78 is 5.79. The van der Waals surface area contributed by atoms with Gasteiger partial charge in [0.2, 0.25) is 0 Å². The van der Waals surface area contributed by atoms with Gasteiger partial charge in [-0.05, 0) is 18.9 Å². The molecule has 0 aliphatic heterocycles. The number of carbonyl (C=O) groups excluding carboxylic acids is 1. The van der Waals surface area contributed by atoms with Crippen LogP contribution in [0.4, 0.5) is 4.79 Å². The Balaban J connectivity index is 1.58. The molecule has 0 aliphatic rings. The molecule has 2 N–H and O–H groups in total. The van der Waals surface area contributed by atoms with Gasteiger partial charge in [0.1, 0.15) is 0 Å². The first kappa shape index (κ1) is 20.4. The summed E-state index contributed by atoms with van der Waals surface area (Å²) in [7, 11) is 0. The van der Waals surface area contributed by atoms with Crippen LogP contribution in [0.3, 0.4) is 0 Å². The van der Waals surface area contributed by atoms with Crippen LogP contribution in [0.5, 0.6) is 0 Å². The Morgan fingerprint density at radius 2 is 1.96 bits per heavy atom. The molecule has 0 saturated carbocycles. The minimum absolute atomic E-state index is 0.0437. The van der Waals surface area contributed by atoms with Gasteiger partial charge in [-0.1, -0.05) is 51.1 Å². The fourth-order valence-corrected chi connectivity index (χ4v) is 3.23. The average Bonchev–Trinajstić information content (AvgIpc) is 3.10. The number of amides is 2. The molecule has 1 aromatic heterocycles. The first-order chi connectivity index (χ1) is 12.4. The largest absolute Gasteiger partial charge is 0.374 e. The van der Waals surface area contributed by atoms with Crippen molar-refractivity contribution in [2.45, 2.75) is 52.2 Å². The molecule has 1 heterocycles. The van der Waals surface area contributed by atoms with Crippen LogP contribution in [-0.4, -0.2) is 24.2 Å². The van der Waals surface area contributed by atoms with Crippen LogP contribution < -0.4 is 10.6 Å². The van der Waals surface area contributed by atoms with Gasteiger partial charge in [-0.15, -0.1) is 11.3 Å². The molecule has 5 nitrogen and oxygen atoms in total. The van der Waals surface area contributed by atoms with Crippen molar-refractivity contribution < 1.29 is 9.53 Å². The Morgan fingerprint density at radius 3 is 2.62 bits per heavy atom. The smallest absolute Gasteiger partial charge is 0.315 e. The topological polar surface area (TPSA) is 63.2 Å². The first-order valence-electron chi connectivity index (χ1n) is 8.99. The highest BCUT2D eigenvalue weighted by molar-refractivity contribution is 7.09. The van der Waals surface area contributed by atoms with Crippen molar-refractivity contribution in [3.63, 3.8) is 0 Å². The van der Waals surface area contributed by atoms with E-state index in [9.17, 15) is 4.79 Å². The van der Waals surface area contributed by atoms with Crippen molar-refractivity contribution in [1.29, 1.82) is 0 Å². The minimum Gasteiger partial charge on any atom is -0.374 e. The number of urea groups is 1. The van der Waals surface area contributed by atoms with Crippen molar-refractivity contribution in [2.75, 3.05) is 13.2 Å². The fourth-order valence-electron chi connectivity index (χ4n) is 2.32. The van der Waals surface area contributed by atoms with Gasteiger partial charge in [-0.2, -0.15) is 0 Å². The predicted octanol–water partition coefficient (Wildman–Crippen LogP) is 4.41. The zero-order valence-electron chi connectivity index (χ0n) is 16.0. The summed E-state index contributed by atoms with van der Waals surface area (Å²) in [5, 5.41) is 8.77. The maximum absolute atomic E-state index is 11.9. The van der Waals surface area contributed by atoms with Crippen molar-refractivity contribution in [3.8, 4) is 0 Å². The molecule has 0 spiro atoms. The van der Waals surface area contributed by atoms with Crippen molar-refractivity contribution in [1.82, 2.24) is 15.6 Å². The second-order valence-corrected chi connectivity index (χ2v) is 8.14. The van der Waals surface area contributed by atoms with Gasteiger partial charge in [0.25, 0.3) is 0 Å². The van der Waals surface area contributed by atoms with Crippen LogP contribution in [0, 0.1) is 0 Å². The molecule has 26 heavy (non-hydrogen) atoms. The molecular formula is C20H29N3O2S. The lowest BCUT2D eigenvalue weighted by atomic mass is 9.98. The van der Waals surface area contributed by atoms with Crippen molar-refractivity contribution >= 4 is 17.4 Å². The van der Waals surface area contributed by atoms with E-state index in [1.165, 1.54) is 0 Å². The monoisotopic (exact) mass is 375 g/mol. The van der Waals surface area contributed by atoms with Gasteiger partial charge in [0.05, 0.1) is 23.4 Å². The van der Waals surface area contributed by atoms with Crippen LogP contribution in [0.15, 0.2) is 35.7 Å². The average molecular weight is 376 g/mol. The van der Waals surface area contributed by atoms with Gasteiger partial charge in [-0.25, -0.2) is 9.78 Å². The Bertz CT molecular complexity index is 680. The molecule has 1 aromatic carbocycles. The van der Waals surface area contributed by atoms with Crippen LogP contribution in [0.2, 0.25) is 0 Å². The van der Waals surface area contributed by atoms with E-state index in [0.717, 1.165) is 22.7 Å². The van der Waals surface area contributed by atoms with E-state index in [2.05, 4.69) is 48.5 Å². The normalized spacial score (nSPS) is 12.6. The fraction of sp³-hybridized carbons (Fsp3) is 0.500. The zero-order valence-corrected chi connectivity index (χ0v) is 16.9. The van der Waals surface area contributed by atoms with Crippen LogP contribution in [0.25, 0.3) is 0 Å². The van der Waals surface area contributed by atoms with Crippen molar-refractivity contribution in [2.24, 2.45) is 0 Å². The minimum atomic E-state index is -0.175. The highest BCUT2D eigenvalue weighted by atomic mass is 32.1. The summed E-state index contributed by atoms with van der Waals surface area (Å²) in [6.45, 7) is 10.1. The Kier molecular flexibility index (Phi) is 7.60. The van der Waals surface area contributed by atoms with E-state index >= 15 is 0 Å². The summed E-state index contributed by atoms with van der Waals surface area (Å²) in [5.41, 5.74) is 2.10. The Morgan fingerprint density at radius 1 is 1.23 bits per heavy atom. The van der Waals surface area contributed by atoms with E-state index < -0.39 is 0 Å². The molecule has 0 radical (unpaired) electrons. The third-order valence-corrected chi connectivity index (χ3v) is 5.18. The first-order valence-corrected chi connectivity index (χ1v) is 9.87. The van der Waals surface area contributed by atoms with Gasteiger partial charge < -0.3 is 15.4 Å². The van der Waals surface area contributed by atoms with Crippen LogP contribution in [0.1, 0.15) is 56.5 Å². The number of rotatable bonds is 8. The highest BCUT2D eigenvalue weighted by Gasteiger charge is 2.18. The molecule has 2 aromatic rings. The lowest BCUT2D eigenvalue weighted by Gasteiger charge is -2.14. The number of carbonyl (C=O) groups is 1. The maximum atomic E-state index is 11.9. The number of nitrogens with zero attached hydrogens (tertiary/aromatic N) is 1. The number of ether oxygens (including phenoxy) is 1. The second kappa shape index (κ2) is 9.69. The summed E-state index contributed by atoms with van der Waals surface area (Å²) in [6, 6.07) is 9.95. The molecule has 142 valence electrons. The Labute approximate surface area is 160 Å². The second-order valence-electron chi connectivity index (χ2n) is 7.28. The molecule has 1 unspecified atom stereocenters. The van der Waals surface area contributed by atoms with E-state index in [0.29, 0.717) is 19.7 Å². The Hall–Kier alpha value is -1.92. The molecule has 1 atom stereocenters. The summed E-state index contributed by atoms with van der Waals surface area (Å²) in [5.74, 6) is 0. The maximum Gasteiger partial charge on any atom is 0.315 e.